The molecule has 3 nitrogen and oxygen atoms in total. The lowest BCUT2D eigenvalue weighted by molar-refractivity contribution is 1.24. The number of allylic oxidation sites excluding steroid dienone is 1. The number of pyridine rings is 1. The van der Waals surface area contributed by atoms with E-state index in [-0.39, 0.29) is 0 Å². The molecule has 1 aromatic rings. The first-order chi connectivity index (χ1) is 5.74. The standard InChI is InChI=1S/C8H6BrN3/c9-6-1-2-8(12-5-6)7(11)3-4-10/h1-3,5H,11H2/b7-3+. The summed E-state index contributed by atoms with van der Waals surface area (Å²) in [4.78, 5) is 4.01. The van der Waals surface area contributed by atoms with E-state index in [4.69, 9.17) is 11.0 Å². The Hall–Kier alpha value is -1.34. The minimum atomic E-state index is 0.380. The van der Waals surface area contributed by atoms with E-state index in [1.807, 2.05) is 12.1 Å². The van der Waals surface area contributed by atoms with Gasteiger partial charge in [-0.15, -0.1) is 0 Å². The van der Waals surface area contributed by atoms with Crippen molar-refractivity contribution in [3.05, 3.63) is 34.6 Å². The molecular weight excluding hydrogens is 218 g/mol. The molecular formula is C8H6BrN3. The highest BCUT2D eigenvalue weighted by Gasteiger charge is 1.96. The first kappa shape index (κ1) is 8.75. The Morgan fingerprint density at radius 2 is 2.42 bits per heavy atom. The topological polar surface area (TPSA) is 62.7 Å². The zero-order valence-corrected chi connectivity index (χ0v) is 7.75. The second-order valence-corrected chi connectivity index (χ2v) is 3.01. The summed E-state index contributed by atoms with van der Waals surface area (Å²) in [6.07, 6.45) is 2.89. The molecule has 0 spiro atoms. The van der Waals surface area contributed by atoms with Gasteiger partial charge in [0.25, 0.3) is 0 Å². The fourth-order valence-electron chi connectivity index (χ4n) is 0.690. The molecule has 2 N–H and O–H groups in total. The number of nitrogens with two attached hydrogens (primary N) is 1. The largest absolute Gasteiger partial charge is 0.396 e. The van der Waals surface area contributed by atoms with Crippen molar-refractivity contribution in [2.24, 2.45) is 5.73 Å². The summed E-state index contributed by atoms with van der Waals surface area (Å²) in [5, 5.41) is 8.31. The molecule has 60 valence electrons. The highest BCUT2D eigenvalue weighted by atomic mass is 79.9. The summed E-state index contributed by atoms with van der Waals surface area (Å²) in [6.45, 7) is 0. The highest BCUT2D eigenvalue weighted by Crippen LogP contribution is 2.10. The van der Waals surface area contributed by atoms with Crippen LogP contribution < -0.4 is 5.73 Å². The molecule has 1 aromatic heterocycles. The molecule has 4 heteroatoms. The number of aromatic nitrogens is 1. The number of hydrogen-bond acceptors (Lipinski definition) is 3. The Kier molecular flexibility index (Phi) is 2.83. The van der Waals surface area contributed by atoms with Gasteiger partial charge in [0.1, 0.15) is 0 Å². The van der Waals surface area contributed by atoms with Crippen LogP contribution in [-0.2, 0) is 0 Å². The monoisotopic (exact) mass is 223 g/mol. The number of nitrogens with zero attached hydrogens (tertiary/aromatic N) is 2. The van der Waals surface area contributed by atoms with Gasteiger partial charge in [-0.2, -0.15) is 5.26 Å². The maximum atomic E-state index is 8.31. The van der Waals surface area contributed by atoms with Crippen LogP contribution in [0.3, 0.4) is 0 Å². The predicted octanol–water partition coefficient (Wildman–Crippen LogP) is 1.67. The fraction of sp³-hybridized carbons (Fsp3) is 0. The summed E-state index contributed by atoms with van der Waals surface area (Å²) >= 11 is 3.25. The number of nitriles is 1. The van der Waals surface area contributed by atoms with Crippen molar-refractivity contribution in [2.45, 2.75) is 0 Å². The van der Waals surface area contributed by atoms with E-state index in [0.717, 1.165) is 4.47 Å². The smallest absolute Gasteiger partial charge is 0.0934 e. The van der Waals surface area contributed by atoms with Crippen molar-refractivity contribution in [2.75, 3.05) is 0 Å². The number of rotatable bonds is 1. The maximum absolute atomic E-state index is 8.31. The van der Waals surface area contributed by atoms with Crippen LogP contribution in [0.1, 0.15) is 5.69 Å². The lowest BCUT2D eigenvalue weighted by Gasteiger charge is -1.97. The molecule has 0 aliphatic rings. The van der Waals surface area contributed by atoms with Gasteiger partial charge in [-0.3, -0.25) is 4.98 Å². The van der Waals surface area contributed by atoms with Crippen molar-refractivity contribution >= 4 is 21.6 Å². The third-order valence-corrected chi connectivity index (χ3v) is 1.71. The molecule has 0 unspecified atom stereocenters. The van der Waals surface area contributed by atoms with Crippen molar-refractivity contribution in [3.63, 3.8) is 0 Å². The van der Waals surface area contributed by atoms with E-state index in [2.05, 4.69) is 20.9 Å². The van der Waals surface area contributed by atoms with Gasteiger partial charge in [-0.25, -0.2) is 0 Å². The average Bonchev–Trinajstić information content (AvgIpc) is 2.06. The van der Waals surface area contributed by atoms with Crippen molar-refractivity contribution in [3.8, 4) is 6.07 Å². The van der Waals surface area contributed by atoms with E-state index in [0.29, 0.717) is 11.4 Å². The van der Waals surface area contributed by atoms with Crippen LogP contribution in [0.5, 0.6) is 0 Å². The van der Waals surface area contributed by atoms with E-state index >= 15 is 0 Å². The highest BCUT2D eigenvalue weighted by molar-refractivity contribution is 9.10. The van der Waals surface area contributed by atoms with Gasteiger partial charge in [0.05, 0.1) is 17.5 Å². The first-order valence-corrected chi connectivity index (χ1v) is 4.00. The predicted molar refractivity (Wildman–Crippen MR) is 49.7 cm³/mol. The summed E-state index contributed by atoms with van der Waals surface area (Å²) < 4.78 is 0.885. The van der Waals surface area contributed by atoms with E-state index in [9.17, 15) is 0 Å². The molecule has 0 fully saturated rings. The van der Waals surface area contributed by atoms with Gasteiger partial charge in [0, 0.05) is 16.7 Å². The molecule has 0 radical (unpaired) electrons. The number of hydrogen-bond donors (Lipinski definition) is 1. The third-order valence-electron chi connectivity index (χ3n) is 1.24. The molecule has 0 amide bonds. The Morgan fingerprint density at radius 1 is 1.67 bits per heavy atom. The molecule has 0 bridgehead atoms. The van der Waals surface area contributed by atoms with E-state index < -0.39 is 0 Å². The summed E-state index contributed by atoms with van der Waals surface area (Å²) in [7, 11) is 0. The summed E-state index contributed by atoms with van der Waals surface area (Å²) in [5.41, 5.74) is 6.51. The van der Waals surface area contributed by atoms with Crippen molar-refractivity contribution in [1.29, 1.82) is 5.26 Å². The van der Waals surface area contributed by atoms with Crippen LogP contribution in [0.25, 0.3) is 5.70 Å². The Balaban J connectivity index is 2.99. The van der Waals surface area contributed by atoms with E-state index in [1.165, 1.54) is 6.08 Å². The Bertz CT molecular complexity index is 334. The van der Waals surface area contributed by atoms with Crippen LogP contribution in [0.2, 0.25) is 0 Å². The second-order valence-electron chi connectivity index (χ2n) is 2.09. The molecule has 0 saturated carbocycles. The lowest BCUT2D eigenvalue weighted by atomic mass is 10.3. The molecule has 12 heavy (non-hydrogen) atoms. The van der Waals surface area contributed by atoms with Gasteiger partial charge in [-0.1, -0.05) is 0 Å². The van der Waals surface area contributed by atoms with Crippen molar-refractivity contribution < 1.29 is 0 Å². The maximum Gasteiger partial charge on any atom is 0.0934 e. The van der Waals surface area contributed by atoms with Gasteiger partial charge in [-0.05, 0) is 28.1 Å². The van der Waals surface area contributed by atoms with Crippen LogP contribution in [0.4, 0.5) is 0 Å². The van der Waals surface area contributed by atoms with Crippen LogP contribution in [0, 0.1) is 11.3 Å². The Morgan fingerprint density at radius 3 is 2.92 bits per heavy atom. The Labute approximate surface area is 78.7 Å². The zero-order valence-electron chi connectivity index (χ0n) is 6.16. The average molecular weight is 224 g/mol. The van der Waals surface area contributed by atoms with Gasteiger partial charge in [0.2, 0.25) is 0 Å². The third kappa shape index (κ3) is 2.07. The molecule has 0 atom stereocenters. The number of halogens is 1. The van der Waals surface area contributed by atoms with Crippen molar-refractivity contribution in [1.82, 2.24) is 4.98 Å². The van der Waals surface area contributed by atoms with Crippen LogP contribution in [0.15, 0.2) is 28.9 Å². The minimum absolute atomic E-state index is 0.380. The lowest BCUT2D eigenvalue weighted by Crippen LogP contribution is -1.97. The van der Waals surface area contributed by atoms with Gasteiger partial charge >= 0.3 is 0 Å². The molecule has 0 aliphatic heterocycles. The molecule has 0 aliphatic carbocycles. The SMILES string of the molecule is N#C/C=C(/N)c1ccc(Br)cn1. The van der Waals surface area contributed by atoms with Crippen LogP contribution in [-0.4, -0.2) is 4.98 Å². The van der Waals surface area contributed by atoms with E-state index in [1.54, 1.807) is 12.3 Å². The quantitative estimate of drug-likeness (QED) is 0.738. The summed E-state index contributed by atoms with van der Waals surface area (Å²) in [5.74, 6) is 0. The molecule has 1 heterocycles. The molecule has 1 rings (SSSR count). The van der Waals surface area contributed by atoms with Crippen LogP contribution >= 0.6 is 15.9 Å². The first-order valence-electron chi connectivity index (χ1n) is 3.21. The zero-order chi connectivity index (χ0) is 8.97. The fourth-order valence-corrected chi connectivity index (χ4v) is 0.925. The normalized spacial score (nSPS) is 10.8. The molecule has 0 saturated heterocycles. The molecule has 0 aromatic carbocycles. The van der Waals surface area contributed by atoms with Gasteiger partial charge in [0.15, 0.2) is 0 Å². The van der Waals surface area contributed by atoms with Gasteiger partial charge < -0.3 is 5.73 Å². The minimum Gasteiger partial charge on any atom is -0.396 e. The summed E-state index contributed by atoms with van der Waals surface area (Å²) in [6, 6.07) is 5.40. The second kappa shape index (κ2) is 3.88.